The average molecular weight is 342 g/mol. The summed E-state index contributed by atoms with van der Waals surface area (Å²) in [5.74, 6) is 0.975. The minimum absolute atomic E-state index is 0.127. The number of aromatic nitrogens is 5. The van der Waals surface area contributed by atoms with Crippen molar-refractivity contribution in [3.63, 3.8) is 0 Å². The number of rotatable bonds is 3. The Kier molecular flexibility index (Phi) is 4.57. The topological polar surface area (TPSA) is 106 Å². The second-order valence-corrected chi connectivity index (χ2v) is 5.08. The molecule has 0 aromatic carbocycles. The van der Waals surface area contributed by atoms with Crippen LogP contribution in [0.3, 0.4) is 0 Å². The first-order chi connectivity index (χ1) is 11.6. The van der Waals surface area contributed by atoms with E-state index in [0.29, 0.717) is 28.2 Å². The Bertz CT molecular complexity index is 855. The zero-order valence-electron chi connectivity index (χ0n) is 12.6. The molecule has 0 spiro atoms. The number of hydrogen-bond acceptors (Lipinski definition) is 6. The zero-order chi connectivity index (χ0) is 16.9. The maximum Gasteiger partial charge on any atom is 0.326 e. The molecule has 0 aliphatic carbocycles. The summed E-state index contributed by atoms with van der Waals surface area (Å²) in [6, 6.07) is 8.10. The van der Waals surface area contributed by atoms with Crippen molar-refractivity contribution < 1.29 is 4.79 Å². The number of anilines is 2. The number of amides is 2. The zero-order valence-corrected chi connectivity index (χ0v) is 13.3. The van der Waals surface area contributed by atoms with Gasteiger partial charge in [-0.15, -0.1) is 0 Å². The van der Waals surface area contributed by atoms with E-state index in [0.717, 1.165) is 0 Å². The SMILES string of the molecule is Cc1nc(NC(=O)Nc2ccc(Cl)nc2)nc(-c2ccccn2)n1. The van der Waals surface area contributed by atoms with E-state index in [9.17, 15) is 4.79 Å². The molecule has 0 saturated carbocycles. The highest BCUT2D eigenvalue weighted by Gasteiger charge is 2.10. The summed E-state index contributed by atoms with van der Waals surface area (Å²) in [6.07, 6.45) is 3.09. The van der Waals surface area contributed by atoms with Gasteiger partial charge >= 0.3 is 6.03 Å². The second kappa shape index (κ2) is 6.97. The van der Waals surface area contributed by atoms with E-state index in [1.807, 2.05) is 6.07 Å². The van der Waals surface area contributed by atoms with E-state index in [2.05, 4.69) is 35.6 Å². The van der Waals surface area contributed by atoms with Crippen LogP contribution in [0.2, 0.25) is 5.15 Å². The maximum absolute atomic E-state index is 12.0. The number of pyridine rings is 2. The van der Waals surface area contributed by atoms with Gasteiger partial charge in [0.05, 0.1) is 11.9 Å². The van der Waals surface area contributed by atoms with E-state index < -0.39 is 6.03 Å². The number of carbonyl (C=O) groups is 1. The van der Waals surface area contributed by atoms with Crippen LogP contribution >= 0.6 is 11.6 Å². The lowest BCUT2D eigenvalue weighted by Crippen LogP contribution is -2.21. The number of nitrogens with zero attached hydrogens (tertiary/aromatic N) is 5. The molecule has 24 heavy (non-hydrogen) atoms. The van der Waals surface area contributed by atoms with Crippen molar-refractivity contribution >= 4 is 29.3 Å². The van der Waals surface area contributed by atoms with Gasteiger partial charge in [0.25, 0.3) is 0 Å². The van der Waals surface area contributed by atoms with Crippen molar-refractivity contribution in [1.29, 1.82) is 0 Å². The number of carbonyl (C=O) groups excluding carboxylic acids is 1. The fourth-order valence-electron chi connectivity index (χ4n) is 1.86. The van der Waals surface area contributed by atoms with Gasteiger partial charge in [0.15, 0.2) is 5.82 Å². The lowest BCUT2D eigenvalue weighted by atomic mass is 10.3. The van der Waals surface area contributed by atoms with E-state index in [1.165, 1.54) is 6.20 Å². The summed E-state index contributed by atoms with van der Waals surface area (Å²) in [6.45, 7) is 1.71. The number of halogens is 1. The van der Waals surface area contributed by atoms with Crippen LogP contribution in [0.4, 0.5) is 16.4 Å². The predicted molar refractivity (Wildman–Crippen MR) is 89.7 cm³/mol. The van der Waals surface area contributed by atoms with Gasteiger partial charge < -0.3 is 5.32 Å². The number of hydrogen-bond donors (Lipinski definition) is 2. The summed E-state index contributed by atoms with van der Waals surface area (Å²) >= 11 is 5.70. The van der Waals surface area contributed by atoms with Crippen LogP contribution in [0.5, 0.6) is 0 Å². The van der Waals surface area contributed by atoms with Crippen molar-refractivity contribution in [1.82, 2.24) is 24.9 Å². The van der Waals surface area contributed by atoms with Crippen molar-refractivity contribution in [3.8, 4) is 11.5 Å². The lowest BCUT2D eigenvalue weighted by molar-refractivity contribution is 0.262. The van der Waals surface area contributed by atoms with E-state index in [4.69, 9.17) is 11.6 Å². The smallest absolute Gasteiger partial charge is 0.306 e. The van der Waals surface area contributed by atoms with Crippen LogP contribution in [-0.4, -0.2) is 31.0 Å². The molecule has 3 heterocycles. The largest absolute Gasteiger partial charge is 0.326 e. The van der Waals surface area contributed by atoms with Crippen LogP contribution in [0.25, 0.3) is 11.5 Å². The van der Waals surface area contributed by atoms with Gasteiger partial charge in [-0.3, -0.25) is 10.3 Å². The van der Waals surface area contributed by atoms with Crippen LogP contribution in [0.1, 0.15) is 5.82 Å². The van der Waals surface area contributed by atoms with Crippen LogP contribution < -0.4 is 10.6 Å². The lowest BCUT2D eigenvalue weighted by Gasteiger charge is -2.08. The molecule has 0 radical (unpaired) electrons. The van der Waals surface area contributed by atoms with Crippen LogP contribution in [0, 0.1) is 6.92 Å². The Labute approximate surface area is 142 Å². The molecule has 0 unspecified atom stereocenters. The molecule has 8 nitrogen and oxygen atoms in total. The maximum atomic E-state index is 12.0. The van der Waals surface area contributed by atoms with Crippen molar-refractivity contribution in [3.05, 3.63) is 53.7 Å². The monoisotopic (exact) mass is 341 g/mol. The Morgan fingerprint density at radius 1 is 1.04 bits per heavy atom. The standard InChI is InChI=1S/C15H12ClN7O/c1-9-19-13(11-4-2-3-7-17-11)22-14(20-9)23-15(24)21-10-5-6-12(16)18-8-10/h2-8H,1H3,(H2,19,20,21,22,23,24). The van der Waals surface area contributed by atoms with Crippen LogP contribution in [0.15, 0.2) is 42.7 Å². The summed E-state index contributed by atoms with van der Waals surface area (Å²) in [7, 11) is 0. The normalized spacial score (nSPS) is 10.2. The molecular formula is C15H12ClN7O. The molecule has 3 aromatic heterocycles. The minimum Gasteiger partial charge on any atom is -0.306 e. The third-order valence-electron chi connectivity index (χ3n) is 2.85. The molecule has 2 N–H and O–H groups in total. The van der Waals surface area contributed by atoms with Gasteiger partial charge in [-0.25, -0.2) is 14.8 Å². The molecule has 3 aromatic rings. The van der Waals surface area contributed by atoms with Gasteiger partial charge in [-0.1, -0.05) is 17.7 Å². The number of urea groups is 1. The first kappa shape index (κ1) is 15.8. The van der Waals surface area contributed by atoms with Gasteiger partial charge in [-0.2, -0.15) is 9.97 Å². The third-order valence-corrected chi connectivity index (χ3v) is 3.08. The highest BCUT2D eigenvalue weighted by molar-refractivity contribution is 6.29. The molecule has 0 aliphatic rings. The Morgan fingerprint density at radius 2 is 1.92 bits per heavy atom. The molecule has 3 rings (SSSR count). The van der Waals surface area contributed by atoms with E-state index in [1.54, 1.807) is 37.4 Å². The fourth-order valence-corrected chi connectivity index (χ4v) is 1.97. The molecule has 0 saturated heterocycles. The van der Waals surface area contributed by atoms with Crippen LogP contribution in [-0.2, 0) is 0 Å². The molecule has 0 fully saturated rings. The summed E-state index contributed by atoms with van der Waals surface area (Å²) in [5.41, 5.74) is 1.08. The van der Waals surface area contributed by atoms with Crippen molar-refractivity contribution in [2.45, 2.75) is 6.92 Å². The highest BCUT2D eigenvalue weighted by atomic mass is 35.5. The predicted octanol–water partition coefficient (Wildman–Crippen LogP) is 2.93. The van der Waals surface area contributed by atoms with E-state index >= 15 is 0 Å². The number of nitrogens with one attached hydrogen (secondary N) is 2. The van der Waals surface area contributed by atoms with Gasteiger partial charge in [0.2, 0.25) is 5.95 Å². The number of aryl methyl sites for hydroxylation is 1. The summed E-state index contributed by atoms with van der Waals surface area (Å²) < 4.78 is 0. The first-order valence-corrected chi connectivity index (χ1v) is 7.31. The molecule has 120 valence electrons. The van der Waals surface area contributed by atoms with Gasteiger partial charge in [-0.05, 0) is 31.2 Å². The Morgan fingerprint density at radius 3 is 2.62 bits per heavy atom. The summed E-state index contributed by atoms with van der Waals surface area (Å²) in [4.78, 5) is 32.6. The molecule has 9 heteroatoms. The Hall–Kier alpha value is -3.13. The Balaban J connectivity index is 1.76. The second-order valence-electron chi connectivity index (χ2n) is 4.69. The molecular weight excluding hydrogens is 330 g/mol. The molecule has 0 atom stereocenters. The minimum atomic E-state index is -0.503. The van der Waals surface area contributed by atoms with Crippen molar-refractivity contribution in [2.75, 3.05) is 10.6 Å². The van der Waals surface area contributed by atoms with Crippen molar-refractivity contribution in [2.24, 2.45) is 0 Å². The molecule has 0 aliphatic heterocycles. The first-order valence-electron chi connectivity index (χ1n) is 6.94. The van der Waals surface area contributed by atoms with Gasteiger partial charge in [0, 0.05) is 6.20 Å². The van der Waals surface area contributed by atoms with E-state index in [-0.39, 0.29) is 5.95 Å². The highest BCUT2D eigenvalue weighted by Crippen LogP contribution is 2.14. The third kappa shape index (κ3) is 3.99. The molecule has 2 amide bonds. The summed E-state index contributed by atoms with van der Waals surface area (Å²) in [5, 5.41) is 5.51. The quantitative estimate of drug-likeness (QED) is 0.709. The fraction of sp³-hybridized carbons (Fsp3) is 0.0667. The average Bonchev–Trinajstić information content (AvgIpc) is 2.57. The van der Waals surface area contributed by atoms with Gasteiger partial charge in [0.1, 0.15) is 16.7 Å². The molecule has 0 bridgehead atoms.